The zero-order chi connectivity index (χ0) is 13.8. The Kier molecular flexibility index (Phi) is 4.13. The third-order valence-electron chi connectivity index (χ3n) is 3.91. The van der Waals surface area contributed by atoms with Crippen molar-refractivity contribution in [3.8, 4) is 0 Å². The van der Waals surface area contributed by atoms with Crippen LogP contribution < -0.4 is 5.32 Å². The molecule has 0 radical (unpaired) electrons. The van der Waals surface area contributed by atoms with Crippen molar-refractivity contribution in [3.05, 3.63) is 36.2 Å². The van der Waals surface area contributed by atoms with E-state index in [2.05, 4.69) is 32.0 Å². The second-order valence-corrected chi connectivity index (χ2v) is 5.17. The van der Waals surface area contributed by atoms with E-state index < -0.39 is 0 Å². The molecule has 0 aliphatic carbocycles. The van der Waals surface area contributed by atoms with Gasteiger partial charge >= 0.3 is 0 Å². The van der Waals surface area contributed by atoms with Gasteiger partial charge in [-0.2, -0.15) is 5.10 Å². The molecule has 2 N–H and O–H groups in total. The molecular weight excluding hydrogens is 254 g/mol. The number of hydrogen-bond acceptors (Lipinski definition) is 4. The molecule has 0 spiro atoms. The van der Waals surface area contributed by atoms with Crippen LogP contribution in [0.25, 0.3) is 0 Å². The number of nitrogens with one attached hydrogen (secondary N) is 2. The van der Waals surface area contributed by atoms with Crippen molar-refractivity contribution in [3.63, 3.8) is 0 Å². The fourth-order valence-electron chi connectivity index (χ4n) is 2.79. The van der Waals surface area contributed by atoms with Crippen LogP contribution in [0.2, 0.25) is 0 Å². The van der Waals surface area contributed by atoms with E-state index in [1.807, 2.05) is 24.9 Å². The van der Waals surface area contributed by atoms with E-state index in [0.29, 0.717) is 5.92 Å². The number of ether oxygens (including phenoxy) is 1. The Morgan fingerprint density at radius 3 is 3.25 bits per heavy atom. The average molecular weight is 275 g/mol. The molecule has 1 aliphatic rings. The quantitative estimate of drug-likeness (QED) is 0.838. The van der Waals surface area contributed by atoms with E-state index in [1.54, 1.807) is 0 Å². The summed E-state index contributed by atoms with van der Waals surface area (Å²) < 4.78 is 7.98. The minimum atomic E-state index is 0.164. The lowest BCUT2D eigenvalue weighted by Crippen LogP contribution is -2.25. The summed E-state index contributed by atoms with van der Waals surface area (Å²) in [6.07, 6.45) is 8.84. The van der Waals surface area contributed by atoms with Crippen LogP contribution in [0.3, 0.4) is 0 Å². The highest BCUT2D eigenvalue weighted by Gasteiger charge is 2.29. The summed E-state index contributed by atoms with van der Waals surface area (Å²) in [6, 6.07) is 0. The molecular formula is C14H21N5O. The number of hydrogen-bond donors (Lipinski definition) is 2. The number of nitrogens with zero attached hydrogens (tertiary/aromatic N) is 3. The maximum atomic E-state index is 5.83. The van der Waals surface area contributed by atoms with Gasteiger partial charge in [-0.3, -0.25) is 5.10 Å². The topological polar surface area (TPSA) is 67.8 Å². The smallest absolute Gasteiger partial charge is 0.0948 e. The van der Waals surface area contributed by atoms with E-state index in [1.165, 1.54) is 5.69 Å². The van der Waals surface area contributed by atoms with Gasteiger partial charge < -0.3 is 14.6 Å². The van der Waals surface area contributed by atoms with Crippen LogP contribution in [0, 0.1) is 5.92 Å². The van der Waals surface area contributed by atoms with Crippen LogP contribution in [0.1, 0.15) is 30.7 Å². The zero-order valence-electron chi connectivity index (χ0n) is 11.7. The summed E-state index contributed by atoms with van der Waals surface area (Å²) in [6.45, 7) is 5.72. The summed E-state index contributed by atoms with van der Waals surface area (Å²) in [5, 5.41) is 10.4. The van der Waals surface area contributed by atoms with Gasteiger partial charge in [0.1, 0.15) is 0 Å². The standard InChI is InChI=1S/C14H21N5O/c1-2-19-10-16-9-13(19)8-15-5-11-3-4-20-14(11)12-6-17-18-7-12/h6-7,9-11,14-15H,2-5,8H2,1H3,(H,17,18)/t11-,14+/m1/s1. The van der Waals surface area contributed by atoms with Crippen molar-refractivity contribution in [2.24, 2.45) is 5.92 Å². The van der Waals surface area contributed by atoms with Gasteiger partial charge in [0.15, 0.2) is 0 Å². The molecule has 2 atom stereocenters. The molecule has 0 bridgehead atoms. The normalized spacial score (nSPS) is 22.4. The van der Waals surface area contributed by atoms with E-state index in [9.17, 15) is 0 Å². The highest BCUT2D eigenvalue weighted by atomic mass is 16.5. The van der Waals surface area contributed by atoms with Gasteiger partial charge in [0.2, 0.25) is 0 Å². The Morgan fingerprint density at radius 2 is 2.45 bits per heavy atom. The summed E-state index contributed by atoms with van der Waals surface area (Å²) in [5.74, 6) is 0.505. The van der Waals surface area contributed by atoms with Gasteiger partial charge in [-0.25, -0.2) is 4.98 Å². The van der Waals surface area contributed by atoms with E-state index in [-0.39, 0.29) is 6.10 Å². The minimum Gasteiger partial charge on any atom is -0.373 e. The van der Waals surface area contributed by atoms with Crippen LogP contribution in [0.5, 0.6) is 0 Å². The highest BCUT2D eigenvalue weighted by Crippen LogP contribution is 2.33. The van der Waals surface area contributed by atoms with Crippen molar-refractivity contribution in [2.45, 2.75) is 32.5 Å². The van der Waals surface area contributed by atoms with Gasteiger partial charge in [0.05, 0.1) is 24.3 Å². The number of aromatic amines is 1. The van der Waals surface area contributed by atoms with E-state index in [4.69, 9.17) is 4.74 Å². The van der Waals surface area contributed by atoms with Gasteiger partial charge in [0.25, 0.3) is 0 Å². The summed E-state index contributed by atoms with van der Waals surface area (Å²) in [7, 11) is 0. The predicted molar refractivity (Wildman–Crippen MR) is 75.0 cm³/mol. The minimum absolute atomic E-state index is 0.164. The maximum absolute atomic E-state index is 5.83. The fourth-order valence-corrected chi connectivity index (χ4v) is 2.79. The molecule has 0 unspecified atom stereocenters. The summed E-state index contributed by atoms with van der Waals surface area (Å²) in [4.78, 5) is 4.18. The third-order valence-corrected chi connectivity index (χ3v) is 3.91. The lowest BCUT2D eigenvalue weighted by atomic mass is 9.97. The molecule has 108 valence electrons. The van der Waals surface area contributed by atoms with E-state index in [0.717, 1.165) is 38.2 Å². The van der Waals surface area contributed by atoms with Crippen molar-refractivity contribution >= 4 is 0 Å². The molecule has 1 saturated heterocycles. The van der Waals surface area contributed by atoms with Gasteiger partial charge in [-0.05, 0) is 13.3 Å². The molecule has 0 saturated carbocycles. The van der Waals surface area contributed by atoms with Crippen LogP contribution in [-0.4, -0.2) is 32.9 Å². The molecule has 0 amide bonds. The van der Waals surface area contributed by atoms with Crippen molar-refractivity contribution in [1.29, 1.82) is 0 Å². The van der Waals surface area contributed by atoms with Gasteiger partial charge in [-0.15, -0.1) is 0 Å². The third kappa shape index (κ3) is 2.76. The Balaban J connectivity index is 1.53. The number of aryl methyl sites for hydroxylation is 1. The fraction of sp³-hybridized carbons (Fsp3) is 0.571. The highest BCUT2D eigenvalue weighted by molar-refractivity contribution is 5.10. The Bertz CT molecular complexity index is 521. The summed E-state index contributed by atoms with van der Waals surface area (Å²) >= 11 is 0. The Hall–Kier alpha value is -1.66. The van der Waals surface area contributed by atoms with E-state index >= 15 is 0 Å². The second-order valence-electron chi connectivity index (χ2n) is 5.17. The number of rotatable bonds is 6. The Morgan fingerprint density at radius 1 is 1.50 bits per heavy atom. The van der Waals surface area contributed by atoms with Crippen LogP contribution in [0.15, 0.2) is 24.9 Å². The first-order chi connectivity index (χ1) is 9.88. The molecule has 1 aliphatic heterocycles. The van der Waals surface area contributed by atoms with Gasteiger partial charge in [0, 0.05) is 50.1 Å². The van der Waals surface area contributed by atoms with Crippen LogP contribution in [0.4, 0.5) is 0 Å². The van der Waals surface area contributed by atoms with Crippen molar-refractivity contribution in [1.82, 2.24) is 25.1 Å². The first-order valence-corrected chi connectivity index (χ1v) is 7.18. The largest absolute Gasteiger partial charge is 0.373 e. The number of imidazole rings is 1. The van der Waals surface area contributed by atoms with Crippen molar-refractivity contribution < 1.29 is 4.74 Å². The molecule has 1 fully saturated rings. The number of H-pyrrole nitrogens is 1. The van der Waals surface area contributed by atoms with Crippen molar-refractivity contribution in [2.75, 3.05) is 13.2 Å². The molecule has 0 aromatic carbocycles. The lowest BCUT2D eigenvalue weighted by molar-refractivity contribution is 0.0904. The lowest BCUT2D eigenvalue weighted by Gasteiger charge is -2.18. The molecule has 6 nitrogen and oxygen atoms in total. The molecule has 20 heavy (non-hydrogen) atoms. The SMILES string of the molecule is CCn1cncc1CNC[C@H]1CCO[C@@H]1c1cn[nH]c1. The molecule has 3 heterocycles. The summed E-state index contributed by atoms with van der Waals surface area (Å²) in [5.41, 5.74) is 2.37. The Labute approximate surface area is 118 Å². The molecule has 6 heteroatoms. The van der Waals surface area contributed by atoms with Crippen LogP contribution >= 0.6 is 0 Å². The predicted octanol–water partition coefficient (Wildman–Crippen LogP) is 1.49. The first kappa shape index (κ1) is 13.3. The first-order valence-electron chi connectivity index (χ1n) is 7.18. The molecule has 2 aromatic rings. The molecule has 2 aromatic heterocycles. The average Bonchev–Trinajstić information content (AvgIpc) is 3.20. The zero-order valence-corrected chi connectivity index (χ0v) is 11.7. The van der Waals surface area contributed by atoms with Crippen LogP contribution in [-0.2, 0) is 17.8 Å². The number of aromatic nitrogens is 4. The van der Waals surface area contributed by atoms with Gasteiger partial charge in [-0.1, -0.05) is 0 Å². The maximum Gasteiger partial charge on any atom is 0.0948 e. The second kappa shape index (κ2) is 6.19. The molecule has 3 rings (SSSR count). The monoisotopic (exact) mass is 275 g/mol.